The van der Waals surface area contributed by atoms with E-state index >= 15 is 0 Å². The number of rotatable bonds is 4. The van der Waals surface area contributed by atoms with Crippen molar-refractivity contribution in [1.82, 2.24) is 9.88 Å². The third-order valence-corrected chi connectivity index (χ3v) is 2.38. The Kier molecular flexibility index (Phi) is 3.92. The molecule has 80 valence electrons. The summed E-state index contributed by atoms with van der Waals surface area (Å²) in [5.41, 5.74) is 1.02. The Morgan fingerprint density at radius 3 is 2.93 bits per heavy atom. The van der Waals surface area contributed by atoms with E-state index in [-0.39, 0.29) is 5.91 Å². The first-order chi connectivity index (χ1) is 7.19. The molecule has 0 aliphatic heterocycles. The maximum absolute atomic E-state index is 11.5. The van der Waals surface area contributed by atoms with Crippen molar-refractivity contribution in [2.45, 2.75) is 19.9 Å². The molecular weight excluding hydrogens is 190 g/mol. The SMILES string of the molecule is CCC(C#N)C(=O)NCc1cccn1C. The summed E-state index contributed by atoms with van der Waals surface area (Å²) >= 11 is 0. The Balaban J connectivity index is 2.48. The molecule has 1 unspecified atom stereocenters. The fraction of sp³-hybridized carbons (Fsp3) is 0.455. The Hall–Kier alpha value is -1.76. The highest BCUT2D eigenvalue weighted by Crippen LogP contribution is 2.02. The van der Waals surface area contributed by atoms with Gasteiger partial charge in [-0.3, -0.25) is 4.79 Å². The topological polar surface area (TPSA) is 57.8 Å². The number of amides is 1. The first kappa shape index (κ1) is 11.3. The highest BCUT2D eigenvalue weighted by atomic mass is 16.1. The lowest BCUT2D eigenvalue weighted by Gasteiger charge is -2.08. The number of aromatic nitrogens is 1. The summed E-state index contributed by atoms with van der Waals surface area (Å²) in [5, 5.41) is 11.4. The molecule has 4 nitrogen and oxygen atoms in total. The fourth-order valence-electron chi connectivity index (χ4n) is 1.32. The van der Waals surface area contributed by atoms with Crippen LogP contribution in [0.1, 0.15) is 19.0 Å². The lowest BCUT2D eigenvalue weighted by molar-refractivity contribution is -0.123. The zero-order chi connectivity index (χ0) is 11.3. The highest BCUT2D eigenvalue weighted by Gasteiger charge is 2.14. The van der Waals surface area contributed by atoms with E-state index in [9.17, 15) is 4.79 Å². The van der Waals surface area contributed by atoms with E-state index in [1.165, 1.54) is 0 Å². The minimum Gasteiger partial charge on any atom is -0.353 e. The van der Waals surface area contributed by atoms with Gasteiger partial charge in [-0.15, -0.1) is 0 Å². The quantitative estimate of drug-likeness (QED) is 0.802. The van der Waals surface area contributed by atoms with Gasteiger partial charge >= 0.3 is 0 Å². The predicted octanol–water partition coefficient (Wildman–Crippen LogP) is 1.19. The molecule has 1 amide bonds. The van der Waals surface area contributed by atoms with Crippen molar-refractivity contribution in [1.29, 1.82) is 5.26 Å². The van der Waals surface area contributed by atoms with Gasteiger partial charge in [0.25, 0.3) is 0 Å². The lowest BCUT2D eigenvalue weighted by Crippen LogP contribution is -2.29. The van der Waals surface area contributed by atoms with E-state index in [2.05, 4.69) is 5.32 Å². The molecule has 1 rings (SSSR count). The summed E-state index contributed by atoms with van der Waals surface area (Å²) < 4.78 is 1.94. The standard InChI is InChI=1S/C11H15N3O/c1-3-9(7-12)11(15)13-8-10-5-4-6-14(10)2/h4-6,9H,3,8H2,1-2H3,(H,13,15). The van der Waals surface area contributed by atoms with Gasteiger partial charge in [0.1, 0.15) is 5.92 Å². The molecule has 0 aliphatic carbocycles. The molecule has 1 atom stereocenters. The molecule has 0 bridgehead atoms. The van der Waals surface area contributed by atoms with Crippen LogP contribution in [0.4, 0.5) is 0 Å². The Morgan fingerprint density at radius 1 is 1.73 bits per heavy atom. The molecule has 1 aromatic heterocycles. The van der Waals surface area contributed by atoms with Crippen LogP contribution in [0.15, 0.2) is 18.3 Å². The van der Waals surface area contributed by atoms with Crippen molar-refractivity contribution in [3.8, 4) is 6.07 Å². The van der Waals surface area contributed by atoms with E-state index in [4.69, 9.17) is 5.26 Å². The van der Waals surface area contributed by atoms with Crippen LogP contribution in [0, 0.1) is 17.2 Å². The fourth-order valence-corrected chi connectivity index (χ4v) is 1.32. The zero-order valence-electron chi connectivity index (χ0n) is 9.03. The Labute approximate surface area is 89.5 Å². The summed E-state index contributed by atoms with van der Waals surface area (Å²) in [6.45, 7) is 2.30. The van der Waals surface area contributed by atoms with Gasteiger partial charge in [-0.25, -0.2) is 0 Å². The van der Waals surface area contributed by atoms with Crippen LogP contribution in [0.2, 0.25) is 0 Å². The minimum atomic E-state index is -0.537. The van der Waals surface area contributed by atoms with Gasteiger partial charge in [-0.05, 0) is 18.6 Å². The van der Waals surface area contributed by atoms with Crippen LogP contribution in [-0.2, 0) is 18.4 Å². The number of nitriles is 1. The molecule has 0 saturated heterocycles. The van der Waals surface area contributed by atoms with E-state index in [1.54, 1.807) is 0 Å². The number of carbonyl (C=O) groups excluding carboxylic acids is 1. The number of hydrogen-bond donors (Lipinski definition) is 1. The summed E-state index contributed by atoms with van der Waals surface area (Å²) in [5.74, 6) is -0.730. The van der Waals surface area contributed by atoms with Crippen molar-refractivity contribution in [2.75, 3.05) is 0 Å². The van der Waals surface area contributed by atoms with Gasteiger partial charge in [0.05, 0.1) is 12.6 Å². The van der Waals surface area contributed by atoms with Crippen molar-refractivity contribution in [2.24, 2.45) is 13.0 Å². The van der Waals surface area contributed by atoms with E-state index < -0.39 is 5.92 Å². The third kappa shape index (κ3) is 2.84. The normalized spacial score (nSPS) is 11.8. The summed E-state index contributed by atoms with van der Waals surface area (Å²) in [7, 11) is 1.92. The monoisotopic (exact) mass is 205 g/mol. The number of nitrogens with zero attached hydrogens (tertiary/aromatic N) is 2. The molecule has 0 saturated carbocycles. The molecule has 0 fully saturated rings. The maximum atomic E-state index is 11.5. The number of hydrogen-bond acceptors (Lipinski definition) is 2. The van der Waals surface area contributed by atoms with Crippen LogP contribution in [0.5, 0.6) is 0 Å². The highest BCUT2D eigenvalue weighted by molar-refractivity contribution is 5.80. The Bertz CT molecular complexity index is 375. The largest absolute Gasteiger partial charge is 0.353 e. The molecule has 1 heterocycles. The van der Waals surface area contributed by atoms with E-state index in [1.807, 2.05) is 42.9 Å². The number of nitrogens with one attached hydrogen (secondary N) is 1. The molecular formula is C11H15N3O. The van der Waals surface area contributed by atoms with Crippen molar-refractivity contribution >= 4 is 5.91 Å². The van der Waals surface area contributed by atoms with Crippen LogP contribution in [0.25, 0.3) is 0 Å². The molecule has 0 aliphatic rings. The summed E-state index contributed by atoms with van der Waals surface area (Å²) in [4.78, 5) is 11.5. The zero-order valence-corrected chi connectivity index (χ0v) is 9.03. The number of aryl methyl sites for hydroxylation is 1. The average Bonchev–Trinajstić information content (AvgIpc) is 2.63. The van der Waals surface area contributed by atoms with Crippen LogP contribution in [-0.4, -0.2) is 10.5 Å². The average molecular weight is 205 g/mol. The predicted molar refractivity (Wildman–Crippen MR) is 56.7 cm³/mol. The molecule has 1 N–H and O–H groups in total. The first-order valence-corrected chi connectivity index (χ1v) is 4.96. The van der Waals surface area contributed by atoms with Gasteiger partial charge < -0.3 is 9.88 Å². The van der Waals surface area contributed by atoms with Gasteiger partial charge in [-0.1, -0.05) is 6.92 Å². The smallest absolute Gasteiger partial charge is 0.237 e. The minimum absolute atomic E-state index is 0.193. The van der Waals surface area contributed by atoms with Crippen molar-refractivity contribution < 1.29 is 4.79 Å². The number of carbonyl (C=O) groups is 1. The molecule has 0 spiro atoms. The third-order valence-electron chi connectivity index (χ3n) is 2.38. The van der Waals surface area contributed by atoms with Crippen molar-refractivity contribution in [3.63, 3.8) is 0 Å². The van der Waals surface area contributed by atoms with Crippen molar-refractivity contribution in [3.05, 3.63) is 24.0 Å². The molecule has 15 heavy (non-hydrogen) atoms. The Morgan fingerprint density at radius 2 is 2.47 bits per heavy atom. The first-order valence-electron chi connectivity index (χ1n) is 4.96. The lowest BCUT2D eigenvalue weighted by atomic mass is 10.1. The van der Waals surface area contributed by atoms with Gasteiger partial charge in [0.2, 0.25) is 5.91 Å². The van der Waals surface area contributed by atoms with Gasteiger partial charge in [0, 0.05) is 18.9 Å². The van der Waals surface area contributed by atoms with E-state index in [0.29, 0.717) is 13.0 Å². The summed E-state index contributed by atoms with van der Waals surface area (Å²) in [6.07, 6.45) is 2.47. The van der Waals surface area contributed by atoms with Gasteiger partial charge in [-0.2, -0.15) is 5.26 Å². The molecule has 1 aromatic rings. The second kappa shape index (κ2) is 5.20. The molecule has 0 aromatic carbocycles. The summed E-state index contributed by atoms with van der Waals surface area (Å²) in [6, 6.07) is 5.84. The van der Waals surface area contributed by atoms with E-state index in [0.717, 1.165) is 5.69 Å². The maximum Gasteiger partial charge on any atom is 0.237 e. The second-order valence-electron chi connectivity index (χ2n) is 3.42. The van der Waals surface area contributed by atoms with Gasteiger partial charge in [0.15, 0.2) is 0 Å². The van der Waals surface area contributed by atoms with Crippen LogP contribution >= 0.6 is 0 Å². The van der Waals surface area contributed by atoms with Crippen LogP contribution in [0.3, 0.4) is 0 Å². The van der Waals surface area contributed by atoms with Crippen LogP contribution < -0.4 is 5.32 Å². The molecule has 4 heteroatoms. The molecule has 0 radical (unpaired) electrons. The second-order valence-corrected chi connectivity index (χ2v) is 3.42.